The molecule has 2 aromatic heterocycles. The number of aromatic nitrogens is 2. The summed E-state index contributed by atoms with van der Waals surface area (Å²) in [6.45, 7) is 4.70. The minimum Gasteiger partial charge on any atom is -0.469 e. The fourth-order valence-electron chi connectivity index (χ4n) is 1.47. The van der Waals surface area contributed by atoms with Gasteiger partial charge < -0.3 is 10.2 Å². The zero-order valence-electron chi connectivity index (χ0n) is 8.32. The Kier molecular flexibility index (Phi) is 2.04. The van der Waals surface area contributed by atoms with Gasteiger partial charge in [-0.05, 0) is 19.9 Å². The van der Waals surface area contributed by atoms with Crippen LogP contribution in [0.25, 0.3) is 11.3 Å². The van der Waals surface area contributed by atoms with Gasteiger partial charge in [0.05, 0.1) is 12.0 Å². The third-order valence-electron chi connectivity index (χ3n) is 2.25. The first-order valence-corrected chi connectivity index (χ1v) is 4.60. The first-order chi connectivity index (χ1) is 6.72. The molecule has 4 nitrogen and oxygen atoms in total. The minimum atomic E-state index is 0.683. The van der Waals surface area contributed by atoms with Crippen molar-refractivity contribution in [3.63, 3.8) is 0 Å². The summed E-state index contributed by atoms with van der Waals surface area (Å²) in [5.41, 5.74) is 7.65. The molecule has 0 unspecified atom stereocenters. The number of aryl methyl sites for hydroxylation is 2. The predicted molar refractivity (Wildman–Crippen MR) is 54.8 cm³/mol. The summed E-state index contributed by atoms with van der Waals surface area (Å²) in [5, 5.41) is 4.36. The van der Waals surface area contributed by atoms with Crippen molar-refractivity contribution in [3.8, 4) is 11.3 Å². The molecule has 0 atom stereocenters. The molecule has 2 N–H and O–H groups in total. The van der Waals surface area contributed by atoms with Crippen LogP contribution < -0.4 is 5.73 Å². The molecule has 0 saturated heterocycles. The Bertz CT molecular complexity index is 442. The van der Waals surface area contributed by atoms with Crippen molar-refractivity contribution < 1.29 is 4.42 Å². The summed E-state index contributed by atoms with van der Waals surface area (Å²) >= 11 is 0. The van der Waals surface area contributed by atoms with Gasteiger partial charge in [0, 0.05) is 18.2 Å². The highest BCUT2D eigenvalue weighted by atomic mass is 16.3. The normalized spacial score (nSPS) is 10.7. The molecule has 2 rings (SSSR count). The van der Waals surface area contributed by atoms with Crippen molar-refractivity contribution in [2.75, 3.05) is 5.73 Å². The molecule has 0 aliphatic rings. The number of hydrogen-bond acceptors (Lipinski definition) is 3. The second-order valence-corrected chi connectivity index (χ2v) is 3.16. The van der Waals surface area contributed by atoms with Crippen LogP contribution >= 0.6 is 0 Å². The SMILES string of the molecule is CCn1nc(-c2ccoc2C)cc1N. The molecule has 14 heavy (non-hydrogen) atoms. The average molecular weight is 191 g/mol. The molecule has 0 radical (unpaired) electrons. The van der Waals surface area contributed by atoms with Gasteiger partial charge in [0.2, 0.25) is 0 Å². The first-order valence-electron chi connectivity index (χ1n) is 4.60. The number of rotatable bonds is 2. The quantitative estimate of drug-likeness (QED) is 0.790. The maximum Gasteiger partial charge on any atom is 0.122 e. The van der Waals surface area contributed by atoms with Crippen molar-refractivity contribution in [1.29, 1.82) is 0 Å². The highest BCUT2D eigenvalue weighted by Crippen LogP contribution is 2.24. The van der Waals surface area contributed by atoms with Crippen LogP contribution in [0, 0.1) is 6.92 Å². The second-order valence-electron chi connectivity index (χ2n) is 3.16. The molecule has 74 valence electrons. The Labute approximate surface area is 82.3 Å². The van der Waals surface area contributed by atoms with Gasteiger partial charge in [0.25, 0.3) is 0 Å². The fourth-order valence-corrected chi connectivity index (χ4v) is 1.47. The van der Waals surface area contributed by atoms with Crippen molar-refractivity contribution in [3.05, 3.63) is 24.2 Å². The number of nitrogens with zero attached hydrogens (tertiary/aromatic N) is 2. The van der Waals surface area contributed by atoms with Gasteiger partial charge >= 0.3 is 0 Å². The Hall–Kier alpha value is -1.71. The van der Waals surface area contributed by atoms with Crippen LogP contribution in [0.2, 0.25) is 0 Å². The third-order valence-corrected chi connectivity index (χ3v) is 2.25. The van der Waals surface area contributed by atoms with E-state index in [1.807, 2.05) is 26.0 Å². The van der Waals surface area contributed by atoms with Gasteiger partial charge in [0.15, 0.2) is 0 Å². The number of furan rings is 1. The van der Waals surface area contributed by atoms with E-state index in [0.717, 1.165) is 23.6 Å². The molecule has 0 aliphatic carbocycles. The summed E-state index contributed by atoms with van der Waals surface area (Å²) < 4.78 is 6.98. The Morgan fingerprint density at radius 3 is 2.86 bits per heavy atom. The average Bonchev–Trinajstić information content (AvgIpc) is 2.71. The Morgan fingerprint density at radius 1 is 1.57 bits per heavy atom. The molecule has 0 saturated carbocycles. The van der Waals surface area contributed by atoms with Crippen molar-refractivity contribution in [2.45, 2.75) is 20.4 Å². The maximum atomic E-state index is 5.78. The molecule has 2 aromatic rings. The topological polar surface area (TPSA) is 57.0 Å². The molecule has 4 heteroatoms. The summed E-state index contributed by atoms with van der Waals surface area (Å²) in [4.78, 5) is 0. The summed E-state index contributed by atoms with van der Waals surface area (Å²) in [6.07, 6.45) is 1.66. The van der Waals surface area contributed by atoms with Crippen LogP contribution in [0.1, 0.15) is 12.7 Å². The Balaban J connectivity index is 2.47. The van der Waals surface area contributed by atoms with Gasteiger partial charge in [-0.3, -0.25) is 0 Å². The summed E-state index contributed by atoms with van der Waals surface area (Å²) in [7, 11) is 0. The smallest absolute Gasteiger partial charge is 0.122 e. The fraction of sp³-hybridized carbons (Fsp3) is 0.300. The van der Waals surface area contributed by atoms with Crippen molar-refractivity contribution >= 4 is 5.82 Å². The van der Waals surface area contributed by atoms with E-state index in [4.69, 9.17) is 10.2 Å². The largest absolute Gasteiger partial charge is 0.469 e. The van der Waals surface area contributed by atoms with Gasteiger partial charge in [-0.1, -0.05) is 0 Å². The minimum absolute atomic E-state index is 0.683. The van der Waals surface area contributed by atoms with Crippen LogP contribution in [0.5, 0.6) is 0 Å². The van der Waals surface area contributed by atoms with Gasteiger partial charge in [-0.15, -0.1) is 0 Å². The Morgan fingerprint density at radius 2 is 2.36 bits per heavy atom. The van der Waals surface area contributed by atoms with E-state index in [0.29, 0.717) is 5.82 Å². The van der Waals surface area contributed by atoms with Gasteiger partial charge in [0.1, 0.15) is 11.6 Å². The van der Waals surface area contributed by atoms with Crippen LogP contribution in [0.15, 0.2) is 22.8 Å². The van der Waals surface area contributed by atoms with Crippen LogP contribution in [-0.4, -0.2) is 9.78 Å². The van der Waals surface area contributed by atoms with E-state index in [2.05, 4.69) is 5.10 Å². The molecular weight excluding hydrogens is 178 g/mol. The maximum absolute atomic E-state index is 5.78. The first kappa shape index (κ1) is 8.87. The standard InChI is InChI=1S/C10H13N3O/c1-3-13-10(11)6-9(12-13)8-4-5-14-7(8)2/h4-6H,3,11H2,1-2H3. The molecule has 0 spiro atoms. The van der Waals surface area contributed by atoms with Crippen LogP contribution in [0.3, 0.4) is 0 Å². The van der Waals surface area contributed by atoms with E-state index in [9.17, 15) is 0 Å². The summed E-state index contributed by atoms with van der Waals surface area (Å²) in [6, 6.07) is 3.76. The number of nitrogen functional groups attached to an aromatic ring is 1. The van der Waals surface area contributed by atoms with Gasteiger partial charge in [-0.25, -0.2) is 4.68 Å². The summed E-state index contributed by atoms with van der Waals surface area (Å²) in [5.74, 6) is 1.55. The molecule has 0 aliphatic heterocycles. The zero-order chi connectivity index (χ0) is 10.1. The zero-order valence-corrected chi connectivity index (χ0v) is 8.32. The number of nitrogens with two attached hydrogens (primary N) is 1. The molecule has 0 amide bonds. The molecule has 0 bridgehead atoms. The van der Waals surface area contributed by atoms with E-state index >= 15 is 0 Å². The van der Waals surface area contributed by atoms with Crippen LogP contribution in [0.4, 0.5) is 5.82 Å². The third kappa shape index (κ3) is 1.28. The lowest BCUT2D eigenvalue weighted by atomic mass is 10.2. The highest BCUT2D eigenvalue weighted by molar-refractivity contribution is 5.63. The molecule has 0 aromatic carbocycles. The molecular formula is C10H13N3O. The molecule has 0 fully saturated rings. The van der Waals surface area contributed by atoms with Crippen molar-refractivity contribution in [2.24, 2.45) is 0 Å². The van der Waals surface area contributed by atoms with Crippen LogP contribution in [-0.2, 0) is 6.54 Å². The lowest BCUT2D eigenvalue weighted by Crippen LogP contribution is -2.01. The monoisotopic (exact) mass is 191 g/mol. The van der Waals surface area contributed by atoms with E-state index in [1.54, 1.807) is 10.9 Å². The van der Waals surface area contributed by atoms with Gasteiger partial charge in [-0.2, -0.15) is 5.10 Å². The van der Waals surface area contributed by atoms with E-state index < -0.39 is 0 Å². The number of anilines is 1. The highest BCUT2D eigenvalue weighted by Gasteiger charge is 2.09. The lowest BCUT2D eigenvalue weighted by Gasteiger charge is -1.96. The second kappa shape index (κ2) is 3.21. The number of hydrogen-bond donors (Lipinski definition) is 1. The predicted octanol–water partition coefficient (Wildman–Crippen LogP) is 2.05. The molecule has 2 heterocycles. The van der Waals surface area contributed by atoms with Crippen molar-refractivity contribution in [1.82, 2.24) is 9.78 Å². The van der Waals surface area contributed by atoms with E-state index in [-0.39, 0.29) is 0 Å². The lowest BCUT2D eigenvalue weighted by molar-refractivity contribution is 0.535. The van der Waals surface area contributed by atoms with E-state index in [1.165, 1.54) is 0 Å².